The molecule has 6 rings (SSSR count). The number of methoxy groups -OCH3 is 1. The molecule has 3 aromatic carbocycles. The number of carbonyl (C=O) groups is 5. The summed E-state index contributed by atoms with van der Waals surface area (Å²) in [7, 11) is 1.08. The molecule has 258 valence electrons. The smallest absolute Gasteiger partial charge is 0.480 e. The standard InChI is InChI=1S/C33H27ClN4O11S/c1-33(2)24(30(43)44)38-28(42)22(29(38)50-33)36-26(40)21(15-9-5-4-6-10-15)35-25(39)16-11-7-13-18(20(16)34)37-27(41)17-12-8-14-19(48-32(46)47-3)23(17)49-31(37)45/h4-14,21-22,24,29H,1-3H3,(H,35,39)(H,36,40)(H,43,44)/t21-,22-,24?,29?/m1/s1. The predicted molar refractivity (Wildman–Crippen MR) is 178 cm³/mol. The van der Waals surface area contributed by atoms with E-state index in [0.717, 1.165) is 7.11 Å². The molecule has 17 heteroatoms. The third-order valence-electron chi connectivity index (χ3n) is 8.25. The number of carbonyl (C=O) groups excluding carboxylic acids is 4. The van der Waals surface area contributed by atoms with E-state index in [1.54, 1.807) is 44.2 Å². The lowest BCUT2D eigenvalue weighted by Gasteiger charge is -2.44. The Balaban J connectivity index is 1.30. The van der Waals surface area contributed by atoms with Gasteiger partial charge in [0.2, 0.25) is 11.8 Å². The highest BCUT2D eigenvalue weighted by atomic mass is 35.5. The number of hydrogen-bond donors (Lipinski definition) is 3. The van der Waals surface area contributed by atoms with Crippen LogP contribution in [0.5, 0.6) is 5.75 Å². The number of amides is 3. The zero-order valence-electron chi connectivity index (χ0n) is 26.4. The second kappa shape index (κ2) is 13.0. The summed E-state index contributed by atoms with van der Waals surface area (Å²) in [5.74, 6) is -4.78. The van der Waals surface area contributed by atoms with Crippen molar-refractivity contribution in [2.45, 2.75) is 42.1 Å². The van der Waals surface area contributed by atoms with Crippen LogP contribution in [-0.4, -0.2) is 73.7 Å². The molecule has 3 heterocycles. The molecule has 2 fully saturated rings. The minimum atomic E-state index is -1.35. The Morgan fingerprint density at radius 2 is 1.70 bits per heavy atom. The Morgan fingerprint density at radius 3 is 2.38 bits per heavy atom. The zero-order valence-corrected chi connectivity index (χ0v) is 27.9. The molecule has 0 saturated carbocycles. The fourth-order valence-electron chi connectivity index (χ4n) is 5.95. The van der Waals surface area contributed by atoms with E-state index in [0.29, 0.717) is 10.1 Å². The second-order valence-corrected chi connectivity index (χ2v) is 13.9. The number of aliphatic carboxylic acids is 1. The summed E-state index contributed by atoms with van der Waals surface area (Å²) >= 11 is 7.89. The quantitative estimate of drug-likeness (QED) is 0.137. The molecule has 3 amide bonds. The van der Waals surface area contributed by atoms with Crippen molar-refractivity contribution in [2.75, 3.05) is 7.11 Å². The van der Waals surface area contributed by atoms with Gasteiger partial charge in [0, 0.05) is 4.75 Å². The van der Waals surface area contributed by atoms with Crippen molar-refractivity contribution >= 4 is 64.2 Å². The number of carboxylic acid groups (broad SMARTS) is 1. The van der Waals surface area contributed by atoms with Gasteiger partial charge in [0.1, 0.15) is 23.5 Å². The molecule has 15 nitrogen and oxygen atoms in total. The number of benzene rings is 3. The lowest BCUT2D eigenvalue weighted by Crippen LogP contribution is -2.71. The van der Waals surface area contributed by atoms with Crippen molar-refractivity contribution < 1.29 is 43.0 Å². The molecule has 50 heavy (non-hydrogen) atoms. The molecular formula is C33H27ClN4O11S. The number of thioether (sulfide) groups is 1. The van der Waals surface area contributed by atoms with Gasteiger partial charge in [0.25, 0.3) is 11.5 Å². The molecule has 0 spiro atoms. The number of fused-ring (bicyclic) bond motifs is 2. The first-order valence-electron chi connectivity index (χ1n) is 14.9. The molecule has 0 radical (unpaired) electrons. The number of β-lactam (4-membered cyclic amide) rings is 1. The number of ether oxygens (including phenoxy) is 2. The van der Waals surface area contributed by atoms with Crippen LogP contribution in [-0.2, 0) is 19.1 Å². The molecule has 2 aliphatic rings. The van der Waals surface area contributed by atoms with Gasteiger partial charge in [-0.25, -0.2) is 19.0 Å². The SMILES string of the molecule is COC(=O)Oc1cccc2c(=O)n(-c3cccc(C(=O)N[C@@H](C(=O)N[C@@H]4C(=O)N5C4SC(C)(C)C5C(=O)O)c4ccccc4)c3Cl)c(=O)oc12. The van der Waals surface area contributed by atoms with E-state index in [2.05, 4.69) is 15.4 Å². The first kappa shape index (κ1) is 34.3. The van der Waals surface area contributed by atoms with Gasteiger partial charge >= 0.3 is 17.9 Å². The Morgan fingerprint density at radius 1 is 1.00 bits per heavy atom. The van der Waals surface area contributed by atoms with Gasteiger partial charge in [0.15, 0.2) is 11.3 Å². The van der Waals surface area contributed by atoms with Gasteiger partial charge in [-0.2, -0.15) is 0 Å². The molecule has 2 unspecified atom stereocenters. The van der Waals surface area contributed by atoms with Crippen molar-refractivity contribution in [3.63, 3.8) is 0 Å². The van der Waals surface area contributed by atoms with Crippen LogP contribution in [0.15, 0.2) is 80.7 Å². The minimum Gasteiger partial charge on any atom is -0.480 e. The number of aromatic nitrogens is 1. The molecule has 1 aromatic heterocycles. The normalized spacial score (nSPS) is 19.6. The maximum atomic E-state index is 13.7. The summed E-state index contributed by atoms with van der Waals surface area (Å²) in [5.41, 5.74) is -1.29. The van der Waals surface area contributed by atoms with Crippen LogP contribution in [0.2, 0.25) is 5.02 Å². The lowest BCUT2D eigenvalue weighted by molar-refractivity contribution is -0.161. The Bertz CT molecular complexity index is 2200. The van der Waals surface area contributed by atoms with Crippen LogP contribution in [0.25, 0.3) is 16.7 Å². The van der Waals surface area contributed by atoms with Crippen molar-refractivity contribution in [3.8, 4) is 11.4 Å². The summed E-state index contributed by atoms with van der Waals surface area (Å²) in [6.45, 7) is 3.41. The van der Waals surface area contributed by atoms with Crippen LogP contribution in [0.4, 0.5) is 4.79 Å². The van der Waals surface area contributed by atoms with Crippen LogP contribution in [0.1, 0.15) is 35.8 Å². The molecular weight excluding hydrogens is 696 g/mol. The third kappa shape index (κ3) is 5.85. The number of para-hydroxylation sites is 1. The van der Waals surface area contributed by atoms with Gasteiger partial charge in [-0.1, -0.05) is 54.1 Å². The number of rotatable bonds is 8. The maximum absolute atomic E-state index is 13.7. The van der Waals surface area contributed by atoms with Gasteiger partial charge in [-0.15, -0.1) is 11.8 Å². The van der Waals surface area contributed by atoms with Crippen LogP contribution in [0.3, 0.4) is 0 Å². The first-order chi connectivity index (χ1) is 23.7. The van der Waals surface area contributed by atoms with E-state index in [9.17, 15) is 38.7 Å². The Hall–Kier alpha value is -5.61. The van der Waals surface area contributed by atoms with Crippen molar-refractivity contribution in [1.82, 2.24) is 20.1 Å². The Kier molecular flexibility index (Phi) is 8.92. The number of halogens is 1. The van der Waals surface area contributed by atoms with Gasteiger partial charge < -0.3 is 34.5 Å². The predicted octanol–water partition coefficient (Wildman–Crippen LogP) is 2.85. The van der Waals surface area contributed by atoms with Crippen molar-refractivity contribution in [2.24, 2.45) is 0 Å². The first-order valence-corrected chi connectivity index (χ1v) is 16.1. The fourth-order valence-corrected chi connectivity index (χ4v) is 7.87. The fraction of sp³-hybridized carbons (Fsp3) is 0.242. The van der Waals surface area contributed by atoms with E-state index in [-0.39, 0.29) is 33.0 Å². The van der Waals surface area contributed by atoms with Crippen molar-refractivity contribution in [1.29, 1.82) is 0 Å². The minimum absolute atomic E-state index is 0.152. The number of nitrogens with one attached hydrogen (secondary N) is 2. The van der Waals surface area contributed by atoms with Crippen LogP contribution in [0, 0.1) is 0 Å². The van der Waals surface area contributed by atoms with Gasteiger partial charge in [0.05, 0.1) is 28.8 Å². The van der Waals surface area contributed by atoms with E-state index in [1.165, 1.54) is 53.1 Å². The summed E-state index contributed by atoms with van der Waals surface area (Å²) in [6, 6.07) is 12.7. The van der Waals surface area contributed by atoms with Crippen molar-refractivity contribution in [3.05, 3.63) is 104 Å². The average molecular weight is 723 g/mol. The highest BCUT2D eigenvalue weighted by molar-refractivity contribution is 8.01. The van der Waals surface area contributed by atoms with Crippen LogP contribution >= 0.6 is 23.4 Å². The molecule has 0 bridgehead atoms. The highest BCUT2D eigenvalue weighted by Gasteiger charge is 2.64. The zero-order chi connectivity index (χ0) is 36.1. The number of carboxylic acids is 1. The molecule has 2 aliphatic heterocycles. The van der Waals surface area contributed by atoms with E-state index < -0.39 is 69.4 Å². The molecule has 4 aromatic rings. The molecule has 4 atom stereocenters. The summed E-state index contributed by atoms with van der Waals surface area (Å²) in [5, 5.41) is 13.9. The third-order valence-corrected chi connectivity index (χ3v) is 10.2. The topological polar surface area (TPSA) is 204 Å². The number of hydrogen-bond acceptors (Lipinski definition) is 11. The summed E-state index contributed by atoms with van der Waals surface area (Å²) in [4.78, 5) is 92.0. The highest BCUT2D eigenvalue weighted by Crippen LogP contribution is 2.50. The largest absolute Gasteiger partial charge is 0.513 e. The molecule has 3 N–H and O–H groups in total. The van der Waals surface area contributed by atoms with E-state index >= 15 is 0 Å². The van der Waals surface area contributed by atoms with E-state index in [4.69, 9.17) is 20.8 Å². The average Bonchev–Trinajstić information content (AvgIpc) is 3.34. The van der Waals surface area contributed by atoms with Crippen LogP contribution < -0.4 is 26.7 Å². The monoisotopic (exact) mass is 722 g/mol. The molecule has 2 saturated heterocycles. The van der Waals surface area contributed by atoms with E-state index in [1.807, 2.05) is 0 Å². The second-order valence-electron chi connectivity index (χ2n) is 11.7. The summed E-state index contributed by atoms with van der Waals surface area (Å²) in [6.07, 6.45) is -1.11. The Labute approximate surface area is 291 Å². The number of nitrogens with zero attached hydrogens (tertiary/aromatic N) is 2. The van der Waals surface area contributed by atoms with Gasteiger partial charge in [-0.3, -0.25) is 19.2 Å². The maximum Gasteiger partial charge on any atom is 0.513 e. The summed E-state index contributed by atoms with van der Waals surface area (Å²) < 4.78 is 14.6. The lowest BCUT2D eigenvalue weighted by atomic mass is 9.95. The molecule has 0 aliphatic carbocycles. The van der Waals surface area contributed by atoms with Gasteiger partial charge in [-0.05, 0) is 43.7 Å².